The van der Waals surface area contributed by atoms with E-state index >= 15 is 0 Å². The number of ether oxygens (including phenoxy) is 1. The highest BCUT2D eigenvalue weighted by atomic mass is 35.5. The molecule has 5 amide bonds. The number of thiophene rings is 1. The Balaban J connectivity index is 0.674. The van der Waals surface area contributed by atoms with Crippen molar-refractivity contribution in [2.45, 2.75) is 109 Å². The van der Waals surface area contributed by atoms with Crippen molar-refractivity contribution < 1.29 is 23.9 Å². The van der Waals surface area contributed by atoms with Crippen LogP contribution in [-0.2, 0) is 16.1 Å². The molecule has 0 radical (unpaired) electrons. The van der Waals surface area contributed by atoms with Crippen molar-refractivity contribution in [1.29, 1.82) is 0 Å². The summed E-state index contributed by atoms with van der Waals surface area (Å²) < 4.78 is 6.03. The number of rotatable bonds is 14. The summed E-state index contributed by atoms with van der Waals surface area (Å²) in [4.78, 5) is 73.2. The number of hydrogen-bond acceptors (Lipinski definition) is 11. The van der Waals surface area contributed by atoms with Gasteiger partial charge < -0.3 is 24.8 Å². The third-order valence-corrected chi connectivity index (χ3v) is 19.1. The maximum Gasteiger partial charge on any atom is 0.328 e. The molecule has 10 rings (SSSR count). The van der Waals surface area contributed by atoms with E-state index in [-0.39, 0.29) is 42.7 Å². The van der Waals surface area contributed by atoms with Gasteiger partial charge in [0, 0.05) is 97.2 Å². The quantitative estimate of drug-likeness (QED) is 0.110. The van der Waals surface area contributed by atoms with E-state index in [2.05, 4.69) is 76.0 Å². The number of halogens is 2. The summed E-state index contributed by atoms with van der Waals surface area (Å²) >= 11 is 15.0. The van der Waals surface area contributed by atoms with Crippen LogP contribution in [0.3, 0.4) is 0 Å². The van der Waals surface area contributed by atoms with Gasteiger partial charge in [-0.2, -0.15) is 0 Å². The van der Waals surface area contributed by atoms with E-state index in [0.717, 1.165) is 135 Å². The number of piperazine rings is 1. The number of benzene rings is 3. The Hall–Kier alpha value is -5.32. The second-order valence-corrected chi connectivity index (χ2v) is 24.3. The van der Waals surface area contributed by atoms with E-state index in [1.807, 2.05) is 24.0 Å². The fraction of sp³-hybridized carbons (Fsp3) is 0.525. The molecule has 3 aromatic carbocycles. The minimum atomic E-state index is -0.519. The molecular weight excluding hydrogens is 1020 g/mol. The number of imide groups is 1. The third kappa shape index (κ3) is 11.9. The number of nitrogens with one attached hydrogen (secondary N) is 2. The van der Waals surface area contributed by atoms with Crippen LogP contribution < -0.4 is 20.3 Å². The smallest absolute Gasteiger partial charge is 0.328 e. The van der Waals surface area contributed by atoms with Gasteiger partial charge in [-0.1, -0.05) is 35.3 Å². The van der Waals surface area contributed by atoms with Gasteiger partial charge in [0.25, 0.3) is 5.91 Å². The molecule has 5 aliphatic rings. The maximum absolute atomic E-state index is 14.0. The van der Waals surface area contributed by atoms with E-state index in [0.29, 0.717) is 39.3 Å². The first kappa shape index (κ1) is 54.1. The first-order chi connectivity index (χ1) is 36.6. The zero-order chi connectivity index (χ0) is 53.3. The number of nitrogens with zero attached hydrogens (tertiary/aromatic N) is 7. The molecule has 3 aliphatic heterocycles. The third-order valence-electron chi connectivity index (χ3n) is 17.3. The summed E-state index contributed by atoms with van der Waals surface area (Å²) in [6.45, 7) is 11.1. The zero-order valence-electron chi connectivity index (χ0n) is 44.8. The molecule has 14 nitrogen and oxygen atoms in total. The van der Waals surface area contributed by atoms with Crippen molar-refractivity contribution in [3.63, 3.8) is 0 Å². The lowest BCUT2D eigenvalue weighted by molar-refractivity contribution is -0.138. The van der Waals surface area contributed by atoms with Crippen LogP contribution >= 0.6 is 34.5 Å². The van der Waals surface area contributed by atoms with Crippen molar-refractivity contribution in [2.75, 3.05) is 83.8 Å². The largest absolute Gasteiger partial charge is 0.496 e. The molecule has 2 aliphatic carbocycles. The Labute approximate surface area is 461 Å². The molecule has 76 heavy (non-hydrogen) atoms. The summed E-state index contributed by atoms with van der Waals surface area (Å²) in [5, 5.41) is 10.4. The number of anilines is 2. The number of carbonyl (C=O) groups is 4. The van der Waals surface area contributed by atoms with Crippen LogP contribution in [-0.4, -0.2) is 127 Å². The van der Waals surface area contributed by atoms with E-state index in [4.69, 9.17) is 37.9 Å². The number of aryl methyl sites for hydroxylation is 1. The molecule has 17 heteroatoms. The molecule has 1 atom stereocenters. The number of methoxy groups -OCH3 is 1. The molecule has 0 unspecified atom stereocenters. The summed E-state index contributed by atoms with van der Waals surface area (Å²) in [6, 6.07) is 17.2. The average molecular weight is 1090 g/mol. The van der Waals surface area contributed by atoms with Gasteiger partial charge in [0.2, 0.25) is 11.8 Å². The van der Waals surface area contributed by atoms with Crippen LogP contribution in [0.4, 0.5) is 16.3 Å². The highest BCUT2D eigenvalue weighted by Crippen LogP contribution is 2.48. The van der Waals surface area contributed by atoms with E-state index in [1.165, 1.54) is 47.4 Å². The van der Waals surface area contributed by atoms with Crippen molar-refractivity contribution in [1.82, 2.24) is 34.9 Å². The second-order valence-electron chi connectivity index (χ2n) is 22.5. The van der Waals surface area contributed by atoms with Gasteiger partial charge in [-0.25, -0.2) is 14.8 Å². The number of urea groups is 1. The minimum Gasteiger partial charge on any atom is -0.496 e. The van der Waals surface area contributed by atoms with E-state index < -0.39 is 6.03 Å². The molecule has 5 heterocycles. The van der Waals surface area contributed by atoms with Crippen molar-refractivity contribution in [3.8, 4) is 16.9 Å². The molecule has 404 valence electrons. The van der Waals surface area contributed by atoms with Crippen LogP contribution in [0.1, 0.15) is 128 Å². The summed E-state index contributed by atoms with van der Waals surface area (Å²) in [5.74, 6) is 3.33. The fourth-order valence-electron chi connectivity index (χ4n) is 12.8. The van der Waals surface area contributed by atoms with Crippen LogP contribution in [0.2, 0.25) is 10.0 Å². The lowest BCUT2D eigenvalue weighted by Gasteiger charge is -2.46. The number of fused-ring (bicyclic) bond motifs is 1. The van der Waals surface area contributed by atoms with Crippen LogP contribution in [0.5, 0.6) is 5.75 Å². The maximum atomic E-state index is 14.0. The van der Waals surface area contributed by atoms with Gasteiger partial charge in [0.1, 0.15) is 17.4 Å². The van der Waals surface area contributed by atoms with Crippen LogP contribution in [0.15, 0.2) is 60.0 Å². The van der Waals surface area contributed by atoms with Crippen molar-refractivity contribution in [2.24, 2.45) is 17.3 Å². The lowest BCUT2D eigenvalue weighted by Crippen LogP contribution is -2.51. The minimum absolute atomic E-state index is 0.0119. The lowest BCUT2D eigenvalue weighted by atomic mass is 9.65. The fourth-order valence-corrected chi connectivity index (χ4v) is 14.2. The number of likely N-dealkylation sites (tertiary alicyclic amines) is 1. The van der Waals surface area contributed by atoms with E-state index in [9.17, 15) is 19.2 Å². The standard InChI is InChI=1S/C59H73Cl2N9O5S/c1-37(52-32-44(36-76-52)54-43(35-66(3)4)7-6-8-48(54)61)62-55-46-33-45(51(75-5)34-49(46)63-38(2)64-55)40-9-11-41(12-10-40)56(72)69-29-27-67(28-30-69)23-17-39-15-19-59(20-16-39)21-25-68(26-22-59)57(73)42-13-14-47(60)50(31-42)70-24-18-53(71)65-58(70)74/h6-8,13-14,31-34,36-37,39-41H,9-12,15-30,35H2,1-5H3,(H,62,63,64)(H,65,71,74)/t37-,40?,41?/m1/s1. The Kier molecular flexibility index (Phi) is 16.6. The van der Waals surface area contributed by atoms with Gasteiger partial charge in [-0.3, -0.25) is 29.5 Å². The van der Waals surface area contributed by atoms with Crippen molar-refractivity contribution >= 4 is 80.7 Å². The number of aromatic nitrogens is 2. The molecule has 5 aromatic rings. The number of carbonyl (C=O) groups excluding carboxylic acids is 4. The van der Waals surface area contributed by atoms with Crippen LogP contribution in [0.25, 0.3) is 22.0 Å². The number of hydrogen-bond donors (Lipinski definition) is 2. The van der Waals surface area contributed by atoms with Crippen molar-refractivity contribution in [3.05, 3.63) is 97.4 Å². The molecule has 3 saturated heterocycles. The van der Waals surface area contributed by atoms with Crippen LogP contribution in [0, 0.1) is 24.2 Å². The van der Waals surface area contributed by atoms with Gasteiger partial charge in [0.05, 0.1) is 29.4 Å². The first-order valence-corrected chi connectivity index (χ1v) is 29.1. The predicted octanol–water partition coefficient (Wildman–Crippen LogP) is 11.6. The Morgan fingerprint density at radius 2 is 1.63 bits per heavy atom. The highest BCUT2D eigenvalue weighted by molar-refractivity contribution is 7.10. The number of amides is 5. The highest BCUT2D eigenvalue weighted by Gasteiger charge is 2.40. The predicted molar refractivity (Wildman–Crippen MR) is 304 cm³/mol. The van der Waals surface area contributed by atoms with Gasteiger partial charge in [-0.15, -0.1) is 11.3 Å². The summed E-state index contributed by atoms with van der Waals surface area (Å²) in [7, 11) is 5.89. The SMILES string of the molecule is COc1cc2nc(C)nc(N[C@H](C)c3cc(-c4c(Cl)cccc4CN(C)C)cs3)c2cc1C1CCC(C(=O)N2CCN(CCC3CCC4(CC3)CCN(C(=O)c3ccc(Cl)c(N5CCC(=O)NC5=O)c3)CC4)CC2)CC1. The number of piperidine rings is 1. The molecule has 0 bridgehead atoms. The molecular formula is C59H73Cl2N9O5S. The Bertz CT molecular complexity index is 2950. The molecule has 2 aromatic heterocycles. The average Bonchev–Trinajstić information content (AvgIpc) is 3.91. The summed E-state index contributed by atoms with van der Waals surface area (Å²) in [6.07, 6.45) is 11.9. The first-order valence-electron chi connectivity index (χ1n) is 27.5. The second kappa shape index (κ2) is 23.3. The Morgan fingerprint density at radius 1 is 0.882 bits per heavy atom. The monoisotopic (exact) mass is 1090 g/mol. The Morgan fingerprint density at radius 3 is 2.34 bits per heavy atom. The van der Waals surface area contributed by atoms with Gasteiger partial charge in [-0.05, 0) is 181 Å². The van der Waals surface area contributed by atoms with E-state index in [1.54, 1.807) is 36.6 Å². The molecule has 2 N–H and O–H groups in total. The van der Waals surface area contributed by atoms with Gasteiger partial charge in [0.15, 0.2) is 0 Å². The molecule has 1 spiro atoms. The zero-order valence-corrected chi connectivity index (χ0v) is 47.1. The summed E-state index contributed by atoms with van der Waals surface area (Å²) in [5.41, 5.74) is 6.66. The normalized spacial score (nSPS) is 21.1. The van der Waals surface area contributed by atoms with Gasteiger partial charge >= 0.3 is 6.03 Å². The molecule has 5 fully saturated rings. The topological polar surface area (TPSA) is 144 Å². The molecule has 2 saturated carbocycles.